The Labute approximate surface area is 92.6 Å². The lowest BCUT2D eigenvalue weighted by atomic mass is 10.1. The predicted octanol–water partition coefficient (Wildman–Crippen LogP) is 3.80. The van der Waals surface area contributed by atoms with E-state index in [0.29, 0.717) is 0 Å². The third-order valence-electron chi connectivity index (χ3n) is 2.59. The minimum absolute atomic E-state index is 1.07. The van der Waals surface area contributed by atoms with Gasteiger partial charge < -0.3 is 4.98 Å². The normalized spacial score (nSPS) is 11.0. The highest BCUT2D eigenvalue weighted by atomic mass is 79.9. The number of aryl methyl sites for hydroxylation is 2. The van der Waals surface area contributed by atoms with Gasteiger partial charge in [-0.15, -0.1) is 0 Å². The molecule has 1 N–H and O–H groups in total. The fourth-order valence-electron chi connectivity index (χ4n) is 1.83. The lowest BCUT2D eigenvalue weighted by Gasteiger charge is -1.98. The topological polar surface area (TPSA) is 15.8 Å². The molecule has 1 nitrogen and oxygen atoms in total. The number of hydrogen-bond donors (Lipinski definition) is 1. The molecule has 0 atom stereocenters. The van der Waals surface area contributed by atoms with E-state index in [-0.39, 0.29) is 0 Å². The van der Waals surface area contributed by atoms with E-state index in [4.69, 9.17) is 0 Å². The summed E-state index contributed by atoms with van der Waals surface area (Å²) >= 11 is 3.46. The van der Waals surface area contributed by atoms with Gasteiger partial charge in [0, 0.05) is 22.4 Å². The Morgan fingerprint density at radius 2 is 2.21 bits per heavy atom. The van der Waals surface area contributed by atoms with E-state index in [1.165, 1.54) is 28.5 Å². The zero-order valence-corrected chi connectivity index (χ0v) is 9.89. The van der Waals surface area contributed by atoms with Crippen molar-refractivity contribution in [1.82, 2.24) is 4.98 Å². The second-order valence-electron chi connectivity index (χ2n) is 3.60. The molecule has 74 valence electrons. The molecule has 0 saturated heterocycles. The van der Waals surface area contributed by atoms with Gasteiger partial charge in [-0.2, -0.15) is 0 Å². The molecule has 0 aliphatic heterocycles. The Morgan fingerprint density at radius 1 is 1.36 bits per heavy atom. The van der Waals surface area contributed by atoms with Gasteiger partial charge in [0.15, 0.2) is 0 Å². The molecule has 2 heteroatoms. The van der Waals surface area contributed by atoms with Crippen LogP contribution in [0.5, 0.6) is 0 Å². The van der Waals surface area contributed by atoms with Gasteiger partial charge in [0.05, 0.1) is 0 Å². The van der Waals surface area contributed by atoms with Crippen molar-refractivity contribution in [2.45, 2.75) is 19.8 Å². The average molecular weight is 252 g/mol. The SMILES string of the molecule is Cc1cccc2c(CCCBr)c[nH]c12. The maximum absolute atomic E-state index is 3.46. The standard InChI is InChI=1S/C12H14BrN/c1-9-4-2-6-11-10(5-3-7-13)8-14-12(9)11/h2,4,6,8,14H,3,5,7H2,1H3. The van der Waals surface area contributed by atoms with E-state index in [2.05, 4.69) is 52.2 Å². The third kappa shape index (κ3) is 1.71. The Bertz CT molecular complexity index is 431. The van der Waals surface area contributed by atoms with Crippen LogP contribution in [0.25, 0.3) is 10.9 Å². The van der Waals surface area contributed by atoms with E-state index in [9.17, 15) is 0 Å². The summed E-state index contributed by atoms with van der Waals surface area (Å²) in [6, 6.07) is 6.47. The maximum atomic E-state index is 3.46. The van der Waals surface area contributed by atoms with Crippen LogP contribution in [0.3, 0.4) is 0 Å². The predicted molar refractivity (Wildman–Crippen MR) is 65.2 cm³/mol. The van der Waals surface area contributed by atoms with Crippen molar-refractivity contribution in [2.24, 2.45) is 0 Å². The molecule has 1 heterocycles. The number of rotatable bonds is 3. The average Bonchev–Trinajstić information content (AvgIpc) is 2.60. The van der Waals surface area contributed by atoms with Gasteiger partial charge in [0.2, 0.25) is 0 Å². The van der Waals surface area contributed by atoms with Gasteiger partial charge >= 0.3 is 0 Å². The molecular formula is C12H14BrN. The summed E-state index contributed by atoms with van der Waals surface area (Å²) in [6.07, 6.45) is 4.48. The van der Waals surface area contributed by atoms with Crippen molar-refractivity contribution in [3.05, 3.63) is 35.5 Å². The monoisotopic (exact) mass is 251 g/mol. The first kappa shape index (κ1) is 9.78. The van der Waals surface area contributed by atoms with Gasteiger partial charge in [-0.05, 0) is 30.9 Å². The number of nitrogens with one attached hydrogen (secondary N) is 1. The fourth-order valence-corrected chi connectivity index (χ4v) is 2.11. The molecule has 0 spiro atoms. The first-order chi connectivity index (χ1) is 6.83. The highest BCUT2D eigenvalue weighted by Crippen LogP contribution is 2.22. The molecule has 0 fully saturated rings. The minimum atomic E-state index is 1.07. The second-order valence-corrected chi connectivity index (χ2v) is 4.40. The van der Waals surface area contributed by atoms with Crippen LogP contribution in [-0.2, 0) is 6.42 Å². The maximum Gasteiger partial charge on any atom is 0.0486 e. The number of aromatic amines is 1. The van der Waals surface area contributed by atoms with E-state index < -0.39 is 0 Å². The number of hydrogen-bond acceptors (Lipinski definition) is 0. The number of fused-ring (bicyclic) bond motifs is 1. The van der Waals surface area contributed by atoms with Crippen LogP contribution in [0.4, 0.5) is 0 Å². The van der Waals surface area contributed by atoms with Crippen LogP contribution in [0, 0.1) is 6.92 Å². The van der Waals surface area contributed by atoms with Gasteiger partial charge in [0.1, 0.15) is 0 Å². The van der Waals surface area contributed by atoms with Gasteiger partial charge in [-0.3, -0.25) is 0 Å². The molecule has 1 aromatic heterocycles. The first-order valence-electron chi connectivity index (χ1n) is 4.94. The van der Waals surface area contributed by atoms with E-state index in [0.717, 1.165) is 11.8 Å². The number of para-hydroxylation sites is 1. The summed E-state index contributed by atoms with van der Waals surface area (Å²) in [5.41, 5.74) is 4.05. The molecule has 0 bridgehead atoms. The molecule has 2 aromatic rings. The van der Waals surface area contributed by atoms with Crippen LogP contribution < -0.4 is 0 Å². The molecule has 0 aliphatic rings. The summed E-state index contributed by atoms with van der Waals surface area (Å²) < 4.78 is 0. The third-order valence-corrected chi connectivity index (χ3v) is 3.15. The van der Waals surface area contributed by atoms with Gasteiger partial charge in [0.25, 0.3) is 0 Å². The van der Waals surface area contributed by atoms with Crippen LogP contribution in [-0.4, -0.2) is 10.3 Å². The van der Waals surface area contributed by atoms with Crippen molar-refractivity contribution >= 4 is 26.8 Å². The highest BCUT2D eigenvalue weighted by Gasteiger charge is 2.03. The van der Waals surface area contributed by atoms with Crippen LogP contribution in [0.2, 0.25) is 0 Å². The molecule has 0 radical (unpaired) electrons. The lowest BCUT2D eigenvalue weighted by molar-refractivity contribution is 0.947. The molecular weight excluding hydrogens is 238 g/mol. The zero-order chi connectivity index (χ0) is 9.97. The van der Waals surface area contributed by atoms with Crippen molar-refractivity contribution < 1.29 is 0 Å². The zero-order valence-electron chi connectivity index (χ0n) is 8.31. The van der Waals surface area contributed by atoms with Crippen LogP contribution >= 0.6 is 15.9 Å². The Morgan fingerprint density at radius 3 is 3.00 bits per heavy atom. The molecule has 0 unspecified atom stereocenters. The van der Waals surface area contributed by atoms with E-state index >= 15 is 0 Å². The Kier molecular flexibility index (Phi) is 2.92. The summed E-state index contributed by atoms with van der Waals surface area (Å²) in [5, 5.41) is 2.46. The number of halogens is 1. The molecule has 0 saturated carbocycles. The Balaban J connectivity index is 2.42. The van der Waals surface area contributed by atoms with Crippen molar-refractivity contribution in [2.75, 3.05) is 5.33 Å². The number of H-pyrrole nitrogens is 1. The number of aromatic nitrogens is 1. The lowest BCUT2D eigenvalue weighted by Crippen LogP contribution is -1.83. The van der Waals surface area contributed by atoms with Crippen molar-refractivity contribution in [3.8, 4) is 0 Å². The number of alkyl halides is 1. The molecule has 14 heavy (non-hydrogen) atoms. The van der Waals surface area contributed by atoms with Gasteiger partial charge in [-0.25, -0.2) is 0 Å². The van der Waals surface area contributed by atoms with Crippen molar-refractivity contribution in [3.63, 3.8) is 0 Å². The summed E-state index contributed by atoms with van der Waals surface area (Å²) in [5.74, 6) is 0. The number of benzene rings is 1. The van der Waals surface area contributed by atoms with Crippen LogP contribution in [0.1, 0.15) is 17.5 Å². The quantitative estimate of drug-likeness (QED) is 0.799. The summed E-state index contributed by atoms with van der Waals surface area (Å²) in [6.45, 7) is 2.15. The summed E-state index contributed by atoms with van der Waals surface area (Å²) in [4.78, 5) is 3.35. The smallest absolute Gasteiger partial charge is 0.0486 e. The first-order valence-corrected chi connectivity index (χ1v) is 6.06. The molecule has 1 aromatic carbocycles. The molecule has 0 amide bonds. The van der Waals surface area contributed by atoms with Gasteiger partial charge in [-0.1, -0.05) is 34.1 Å². The summed E-state index contributed by atoms with van der Waals surface area (Å²) in [7, 11) is 0. The second kappa shape index (κ2) is 4.18. The van der Waals surface area contributed by atoms with E-state index in [1.807, 2.05) is 0 Å². The minimum Gasteiger partial charge on any atom is -0.361 e. The largest absolute Gasteiger partial charge is 0.361 e. The molecule has 2 rings (SSSR count). The van der Waals surface area contributed by atoms with Crippen molar-refractivity contribution in [1.29, 1.82) is 0 Å². The van der Waals surface area contributed by atoms with Crippen LogP contribution in [0.15, 0.2) is 24.4 Å². The fraction of sp³-hybridized carbons (Fsp3) is 0.333. The Hall–Kier alpha value is -0.760. The highest BCUT2D eigenvalue weighted by molar-refractivity contribution is 9.09. The van der Waals surface area contributed by atoms with E-state index in [1.54, 1.807) is 0 Å². The molecule has 0 aliphatic carbocycles.